The number of amides is 1. The highest BCUT2D eigenvalue weighted by atomic mass is 16.5. The normalized spacial score (nSPS) is 18.0. The van der Waals surface area contributed by atoms with E-state index < -0.39 is 0 Å². The van der Waals surface area contributed by atoms with Gasteiger partial charge < -0.3 is 19.5 Å². The molecule has 0 bridgehead atoms. The summed E-state index contributed by atoms with van der Waals surface area (Å²) < 4.78 is 11.1. The zero-order valence-electron chi connectivity index (χ0n) is 16.1. The van der Waals surface area contributed by atoms with Crippen molar-refractivity contribution in [3.63, 3.8) is 0 Å². The zero-order chi connectivity index (χ0) is 19.1. The van der Waals surface area contributed by atoms with Crippen molar-refractivity contribution in [3.8, 4) is 11.3 Å². The molecule has 0 aliphatic carbocycles. The predicted molar refractivity (Wildman–Crippen MR) is 103 cm³/mol. The Labute approximate surface area is 160 Å². The second kappa shape index (κ2) is 9.64. The lowest BCUT2D eigenvalue weighted by Gasteiger charge is -2.34. The quantitative estimate of drug-likeness (QED) is 0.759. The van der Waals surface area contributed by atoms with Crippen LogP contribution in [-0.2, 0) is 16.1 Å². The Hall–Kier alpha value is -2.22. The summed E-state index contributed by atoms with van der Waals surface area (Å²) in [6, 6.07) is 12.0. The molecule has 1 atom stereocenters. The molecule has 1 saturated heterocycles. The van der Waals surface area contributed by atoms with Gasteiger partial charge in [0.25, 0.3) is 0 Å². The maximum atomic E-state index is 12.2. The molecule has 2 aromatic rings. The summed E-state index contributed by atoms with van der Waals surface area (Å²) in [5.41, 5.74) is 1.86. The van der Waals surface area contributed by atoms with E-state index in [1.54, 1.807) is 0 Å². The number of carbonyl (C=O) groups is 1. The van der Waals surface area contributed by atoms with Crippen LogP contribution in [0, 0.1) is 0 Å². The highest BCUT2D eigenvalue weighted by molar-refractivity contribution is 5.76. The fourth-order valence-electron chi connectivity index (χ4n) is 3.12. The van der Waals surface area contributed by atoms with Gasteiger partial charge in [0.05, 0.1) is 19.8 Å². The fourth-order valence-corrected chi connectivity index (χ4v) is 3.12. The molecule has 1 N–H and O–H groups in total. The summed E-state index contributed by atoms with van der Waals surface area (Å²) in [5, 5.41) is 7.15. The summed E-state index contributed by atoms with van der Waals surface area (Å²) >= 11 is 0. The van der Waals surface area contributed by atoms with E-state index in [0.717, 1.165) is 30.1 Å². The number of morpholine rings is 1. The number of nitrogens with one attached hydrogen (secondary N) is 1. The number of hydrogen-bond donors (Lipinski definition) is 1. The van der Waals surface area contributed by atoms with E-state index in [1.807, 2.05) is 55.4 Å². The number of hydrogen-bond acceptors (Lipinski definition) is 6. The smallest absolute Gasteiger partial charge is 0.221 e. The van der Waals surface area contributed by atoms with Gasteiger partial charge in [-0.25, -0.2) is 0 Å². The van der Waals surface area contributed by atoms with Gasteiger partial charge in [-0.2, -0.15) is 0 Å². The Kier molecular flexibility index (Phi) is 6.98. The van der Waals surface area contributed by atoms with Crippen molar-refractivity contribution >= 4 is 5.91 Å². The first-order valence-corrected chi connectivity index (χ1v) is 9.36. The Balaban J connectivity index is 1.56. The number of ether oxygens (including phenoxy) is 1. The van der Waals surface area contributed by atoms with Crippen LogP contribution in [0.3, 0.4) is 0 Å². The minimum atomic E-state index is 0.0448. The molecular weight excluding hydrogens is 344 g/mol. The third-order valence-electron chi connectivity index (χ3n) is 4.64. The average molecular weight is 372 g/mol. The van der Waals surface area contributed by atoms with Gasteiger partial charge in [-0.1, -0.05) is 35.5 Å². The second-order valence-electron chi connectivity index (χ2n) is 7.10. The summed E-state index contributed by atoms with van der Waals surface area (Å²) in [6.45, 7) is 4.11. The third-order valence-corrected chi connectivity index (χ3v) is 4.64. The highest BCUT2D eigenvalue weighted by Crippen LogP contribution is 2.21. The summed E-state index contributed by atoms with van der Waals surface area (Å²) in [6.07, 6.45) is 0.424. The molecule has 0 spiro atoms. The SMILES string of the molecule is CN(C)CCNC(=O)C[C@@H]1COCCN1Cc1cc(-c2ccccc2)no1. The fraction of sp³-hybridized carbons (Fsp3) is 0.500. The van der Waals surface area contributed by atoms with Gasteiger partial charge in [0.2, 0.25) is 5.91 Å². The van der Waals surface area contributed by atoms with Crippen molar-refractivity contribution in [2.75, 3.05) is 46.9 Å². The molecule has 1 aliphatic rings. The van der Waals surface area contributed by atoms with Crippen molar-refractivity contribution < 1.29 is 14.1 Å². The van der Waals surface area contributed by atoms with Crippen LogP contribution in [0.4, 0.5) is 0 Å². The maximum Gasteiger partial charge on any atom is 0.221 e. The molecule has 0 radical (unpaired) electrons. The van der Waals surface area contributed by atoms with E-state index in [2.05, 4.69) is 15.4 Å². The van der Waals surface area contributed by atoms with Gasteiger partial charge >= 0.3 is 0 Å². The van der Waals surface area contributed by atoms with Crippen LogP contribution in [0.2, 0.25) is 0 Å². The molecular formula is C20H28N4O3. The van der Waals surface area contributed by atoms with Crippen LogP contribution in [0.1, 0.15) is 12.2 Å². The number of nitrogens with zero attached hydrogens (tertiary/aromatic N) is 3. The highest BCUT2D eigenvalue weighted by Gasteiger charge is 2.26. The molecule has 1 aliphatic heterocycles. The van der Waals surface area contributed by atoms with E-state index in [-0.39, 0.29) is 11.9 Å². The zero-order valence-corrected chi connectivity index (χ0v) is 16.1. The Morgan fingerprint density at radius 2 is 2.15 bits per heavy atom. The minimum absolute atomic E-state index is 0.0448. The number of benzene rings is 1. The largest absolute Gasteiger partial charge is 0.378 e. The van der Waals surface area contributed by atoms with Crippen LogP contribution < -0.4 is 5.32 Å². The minimum Gasteiger partial charge on any atom is -0.378 e. The summed E-state index contributed by atoms with van der Waals surface area (Å²) in [5.74, 6) is 0.855. The molecule has 1 aromatic heterocycles. The molecule has 1 aromatic carbocycles. The topological polar surface area (TPSA) is 70.8 Å². The lowest BCUT2D eigenvalue weighted by atomic mass is 10.1. The van der Waals surface area contributed by atoms with E-state index in [4.69, 9.17) is 9.26 Å². The molecule has 146 valence electrons. The van der Waals surface area contributed by atoms with Crippen LogP contribution in [-0.4, -0.2) is 73.8 Å². The standard InChI is InChI=1S/C20H28N4O3/c1-23(2)9-8-21-20(25)12-17-15-26-11-10-24(17)14-18-13-19(22-27-18)16-6-4-3-5-7-16/h3-7,13,17H,8-12,14-15H2,1-2H3,(H,21,25)/t17-/m1/s1. The van der Waals surface area contributed by atoms with Crippen LogP contribution in [0.15, 0.2) is 40.9 Å². The van der Waals surface area contributed by atoms with E-state index in [0.29, 0.717) is 32.7 Å². The van der Waals surface area contributed by atoms with Crippen molar-refractivity contribution in [1.29, 1.82) is 0 Å². The second-order valence-corrected chi connectivity index (χ2v) is 7.10. The van der Waals surface area contributed by atoms with E-state index in [9.17, 15) is 4.79 Å². The van der Waals surface area contributed by atoms with Crippen molar-refractivity contribution in [1.82, 2.24) is 20.3 Å². The van der Waals surface area contributed by atoms with Gasteiger partial charge in [-0.3, -0.25) is 9.69 Å². The average Bonchev–Trinajstić information content (AvgIpc) is 3.12. The molecule has 0 saturated carbocycles. The maximum absolute atomic E-state index is 12.2. The van der Waals surface area contributed by atoms with Crippen LogP contribution in [0.5, 0.6) is 0 Å². The van der Waals surface area contributed by atoms with E-state index in [1.165, 1.54) is 0 Å². The Bertz CT molecular complexity index is 717. The molecule has 7 nitrogen and oxygen atoms in total. The predicted octanol–water partition coefficient (Wildman–Crippen LogP) is 1.61. The third kappa shape index (κ3) is 5.89. The Morgan fingerprint density at radius 1 is 1.33 bits per heavy atom. The molecule has 1 fully saturated rings. The van der Waals surface area contributed by atoms with Gasteiger partial charge in [0.1, 0.15) is 5.69 Å². The number of aromatic nitrogens is 1. The van der Waals surface area contributed by atoms with Crippen LogP contribution in [0.25, 0.3) is 11.3 Å². The first kappa shape index (κ1) is 19.5. The number of carbonyl (C=O) groups excluding carboxylic acids is 1. The first-order chi connectivity index (χ1) is 13.1. The van der Waals surface area contributed by atoms with Crippen molar-refractivity contribution in [3.05, 3.63) is 42.2 Å². The molecule has 0 unspecified atom stereocenters. The van der Waals surface area contributed by atoms with Gasteiger partial charge in [-0.05, 0) is 14.1 Å². The Morgan fingerprint density at radius 3 is 2.93 bits per heavy atom. The van der Waals surface area contributed by atoms with Crippen LogP contribution >= 0.6 is 0 Å². The lowest BCUT2D eigenvalue weighted by Crippen LogP contribution is -2.47. The summed E-state index contributed by atoms with van der Waals surface area (Å²) in [4.78, 5) is 16.5. The van der Waals surface area contributed by atoms with E-state index >= 15 is 0 Å². The van der Waals surface area contributed by atoms with Crippen molar-refractivity contribution in [2.45, 2.75) is 19.0 Å². The molecule has 27 heavy (non-hydrogen) atoms. The number of rotatable bonds is 8. The van der Waals surface area contributed by atoms with Gasteiger partial charge in [0, 0.05) is 43.7 Å². The number of likely N-dealkylation sites (N-methyl/N-ethyl adjacent to an activating group) is 1. The summed E-state index contributed by atoms with van der Waals surface area (Å²) in [7, 11) is 3.98. The monoisotopic (exact) mass is 372 g/mol. The molecule has 1 amide bonds. The van der Waals surface area contributed by atoms with Gasteiger partial charge in [0.15, 0.2) is 5.76 Å². The lowest BCUT2D eigenvalue weighted by molar-refractivity contribution is -0.124. The van der Waals surface area contributed by atoms with Gasteiger partial charge in [-0.15, -0.1) is 0 Å². The van der Waals surface area contributed by atoms with Crippen molar-refractivity contribution in [2.24, 2.45) is 0 Å². The molecule has 3 rings (SSSR count). The first-order valence-electron chi connectivity index (χ1n) is 9.36. The molecule has 7 heteroatoms. The molecule has 2 heterocycles.